The molecule has 0 saturated heterocycles. The lowest BCUT2D eigenvalue weighted by Crippen LogP contribution is -2.44. The van der Waals surface area contributed by atoms with E-state index in [-0.39, 0.29) is 6.61 Å². The zero-order valence-corrected chi connectivity index (χ0v) is 13.2. The molecule has 1 atom stereocenters. The number of rotatable bonds is 7. The number of carbonyl (C=O) groups is 2. The number of thioether (sulfide) groups is 1. The zero-order valence-electron chi connectivity index (χ0n) is 12.4. The first-order chi connectivity index (χ1) is 10.7. The quantitative estimate of drug-likeness (QED) is 0.741. The summed E-state index contributed by atoms with van der Waals surface area (Å²) in [6, 6.07) is 2.56. The number of ether oxygens (including phenoxy) is 1. The number of amides is 2. The summed E-state index contributed by atoms with van der Waals surface area (Å²) >= 11 is 1.49. The van der Waals surface area contributed by atoms with Crippen molar-refractivity contribution in [3.05, 3.63) is 35.4 Å². The molecule has 0 aliphatic rings. The second-order valence-electron chi connectivity index (χ2n) is 4.65. The fourth-order valence-electron chi connectivity index (χ4n) is 1.70. The standard InChI is InChI=1S/C14H17F3N2O3S/c1-23-7-6-11(19-13(18)21)12(20)22-8-9-2-4-10(5-3-9)14(15,16)17/h2-5,11H,6-8H2,1H3,(H3,18,19,21). The van der Waals surface area contributed by atoms with Gasteiger partial charge in [-0.15, -0.1) is 0 Å². The van der Waals surface area contributed by atoms with Gasteiger partial charge in [0.05, 0.1) is 5.56 Å². The summed E-state index contributed by atoms with van der Waals surface area (Å²) in [4.78, 5) is 22.8. The van der Waals surface area contributed by atoms with E-state index >= 15 is 0 Å². The smallest absolute Gasteiger partial charge is 0.416 e. The molecule has 0 fully saturated rings. The minimum absolute atomic E-state index is 0.187. The van der Waals surface area contributed by atoms with Crippen LogP contribution in [-0.4, -0.2) is 30.1 Å². The van der Waals surface area contributed by atoms with Crippen molar-refractivity contribution in [3.63, 3.8) is 0 Å². The summed E-state index contributed by atoms with van der Waals surface area (Å²) < 4.78 is 42.3. The molecule has 3 N–H and O–H groups in total. The van der Waals surface area contributed by atoms with Gasteiger partial charge in [0.15, 0.2) is 0 Å². The number of nitrogens with one attached hydrogen (secondary N) is 1. The molecule has 0 spiro atoms. The minimum atomic E-state index is -4.41. The molecule has 5 nitrogen and oxygen atoms in total. The van der Waals surface area contributed by atoms with Gasteiger partial charge in [0, 0.05) is 0 Å². The van der Waals surface area contributed by atoms with E-state index in [1.807, 2.05) is 6.26 Å². The number of hydrogen-bond donors (Lipinski definition) is 2. The van der Waals surface area contributed by atoms with E-state index in [0.717, 1.165) is 12.1 Å². The highest BCUT2D eigenvalue weighted by molar-refractivity contribution is 7.98. The van der Waals surface area contributed by atoms with Crippen LogP contribution in [0.2, 0.25) is 0 Å². The highest BCUT2D eigenvalue weighted by Gasteiger charge is 2.30. The Morgan fingerprint density at radius 1 is 1.30 bits per heavy atom. The van der Waals surface area contributed by atoms with Crippen LogP contribution in [0.4, 0.5) is 18.0 Å². The molecule has 0 heterocycles. The largest absolute Gasteiger partial charge is 0.459 e. The van der Waals surface area contributed by atoms with Crippen molar-refractivity contribution < 1.29 is 27.5 Å². The van der Waals surface area contributed by atoms with Gasteiger partial charge in [-0.1, -0.05) is 12.1 Å². The van der Waals surface area contributed by atoms with Crippen LogP contribution in [0.5, 0.6) is 0 Å². The fourth-order valence-corrected chi connectivity index (χ4v) is 2.17. The first kappa shape index (κ1) is 19.1. The second-order valence-corrected chi connectivity index (χ2v) is 5.63. The average molecular weight is 350 g/mol. The van der Waals surface area contributed by atoms with Crippen LogP contribution in [0, 0.1) is 0 Å². The molecule has 0 saturated carbocycles. The molecule has 1 aromatic carbocycles. The Morgan fingerprint density at radius 3 is 2.39 bits per heavy atom. The number of benzene rings is 1. The maximum absolute atomic E-state index is 12.4. The molecular formula is C14H17F3N2O3S. The van der Waals surface area contributed by atoms with Gasteiger partial charge >= 0.3 is 18.2 Å². The molecule has 0 aromatic heterocycles. The summed E-state index contributed by atoms with van der Waals surface area (Å²) in [5.41, 5.74) is 4.63. The Morgan fingerprint density at radius 2 is 1.91 bits per heavy atom. The molecule has 1 unspecified atom stereocenters. The van der Waals surface area contributed by atoms with E-state index in [1.165, 1.54) is 23.9 Å². The highest BCUT2D eigenvalue weighted by atomic mass is 32.2. The van der Waals surface area contributed by atoms with E-state index < -0.39 is 29.8 Å². The Labute approximate surface area is 135 Å². The third kappa shape index (κ3) is 6.81. The van der Waals surface area contributed by atoms with E-state index in [4.69, 9.17) is 10.5 Å². The molecule has 0 radical (unpaired) electrons. The van der Waals surface area contributed by atoms with Gasteiger partial charge in [0.1, 0.15) is 12.6 Å². The van der Waals surface area contributed by atoms with Crippen LogP contribution >= 0.6 is 11.8 Å². The molecule has 9 heteroatoms. The van der Waals surface area contributed by atoms with E-state index in [9.17, 15) is 22.8 Å². The van der Waals surface area contributed by atoms with E-state index in [2.05, 4.69) is 5.32 Å². The average Bonchev–Trinajstić information content (AvgIpc) is 2.48. The van der Waals surface area contributed by atoms with Crippen molar-refractivity contribution >= 4 is 23.8 Å². The molecule has 128 valence electrons. The number of urea groups is 1. The molecule has 1 rings (SSSR count). The molecular weight excluding hydrogens is 333 g/mol. The first-order valence-corrected chi connectivity index (χ1v) is 8.01. The lowest BCUT2D eigenvalue weighted by atomic mass is 10.1. The molecule has 2 amide bonds. The van der Waals surface area contributed by atoms with Gasteiger partial charge in [-0.3, -0.25) is 0 Å². The van der Waals surface area contributed by atoms with Crippen LogP contribution in [0.15, 0.2) is 24.3 Å². The lowest BCUT2D eigenvalue weighted by Gasteiger charge is -2.16. The molecule has 0 aliphatic heterocycles. The summed E-state index contributed by atoms with van der Waals surface area (Å²) in [5.74, 6) is -0.0712. The predicted molar refractivity (Wildman–Crippen MR) is 80.7 cm³/mol. The van der Waals surface area contributed by atoms with Crippen molar-refractivity contribution in [2.75, 3.05) is 12.0 Å². The van der Waals surface area contributed by atoms with Gasteiger partial charge in [-0.2, -0.15) is 24.9 Å². The number of primary amides is 1. The van der Waals surface area contributed by atoms with Crippen LogP contribution < -0.4 is 11.1 Å². The van der Waals surface area contributed by atoms with Gasteiger partial charge in [0.2, 0.25) is 0 Å². The van der Waals surface area contributed by atoms with Crippen LogP contribution in [0.1, 0.15) is 17.5 Å². The second kappa shape index (κ2) is 8.66. The van der Waals surface area contributed by atoms with Crippen molar-refractivity contribution in [2.45, 2.75) is 25.2 Å². The van der Waals surface area contributed by atoms with Gasteiger partial charge in [-0.25, -0.2) is 9.59 Å². The zero-order chi connectivity index (χ0) is 17.5. The van der Waals surface area contributed by atoms with Gasteiger partial charge < -0.3 is 15.8 Å². The summed E-state index contributed by atoms with van der Waals surface area (Å²) in [5, 5.41) is 2.28. The third-order valence-corrected chi connectivity index (χ3v) is 3.52. The Balaban J connectivity index is 2.60. The number of carbonyl (C=O) groups excluding carboxylic acids is 2. The number of esters is 1. The Hall–Kier alpha value is -1.90. The van der Waals surface area contributed by atoms with Crippen molar-refractivity contribution in [2.24, 2.45) is 5.73 Å². The summed E-state index contributed by atoms with van der Waals surface area (Å²) in [6.07, 6.45) is -2.23. The number of nitrogens with two attached hydrogens (primary N) is 1. The minimum Gasteiger partial charge on any atom is -0.459 e. The van der Waals surface area contributed by atoms with Crippen LogP contribution in [0.3, 0.4) is 0 Å². The molecule has 0 aliphatic carbocycles. The first-order valence-electron chi connectivity index (χ1n) is 6.61. The maximum atomic E-state index is 12.4. The summed E-state index contributed by atoms with van der Waals surface area (Å²) in [6.45, 7) is -0.187. The Bertz CT molecular complexity index is 535. The van der Waals surface area contributed by atoms with Gasteiger partial charge in [0.25, 0.3) is 0 Å². The lowest BCUT2D eigenvalue weighted by molar-refractivity contribution is -0.147. The molecule has 1 aromatic rings. The Kier molecular flexibility index (Phi) is 7.21. The topological polar surface area (TPSA) is 81.4 Å². The maximum Gasteiger partial charge on any atom is 0.416 e. The summed E-state index contributed by atoms with van der Waals surface area (Å²) in [7, 11) is 0. The number of hydrogen-bond acceptors (Lipinski definition) is 4. The molecule has 0 bridgehead atoms. The van der Waals surface area contributed by atoms with Crippen LogP contribution in [-0.2, 0) is 22.3 Å². The van der Waals surface area contributed by atoms with Crippen molar-refractivity contribution in [1.29, 1.82) is 0 Å². The monoisotopic (exact) mass is 350 g/mol. The predicted octanol–water partition coefficient (Wildman–Crippen LogP) is 2.54. The van der Waals surface area contributed by atoms with Crippen LogP contribution in [0.25, 0.3) is 0 Å². The van der Waals surface area contributed by atoms with E-state index in [0.29, 0.717) is 17.7 Å². The van der Waals surface area contributed by atoms with Crippen molar-refractivity contribution in [3.8, 4) is 0 Å². The normalized spacial score (nSPS) is 12.5. The SMILES string of the molecule is CSCCC(NC(N)=O)C(=O)OCc1ccc(C(F)(F)F)cc1. The number of halogens is 3. The third-order valence-electron chi connectivity index (χ3n) is 2.87. The fraction of sp³-hybridized carbons (Fsp3) is 0.429. The van der Waals surface area contributed by atoms with E-state index in [1.54, 1.807) is 0 Å². The highest BCUT2D eigenvalue weighted by Crippen LogP contribution is 2.29. The van der Waals surface area contributed by atoms with Gasteiger partial charge in [-0.05, 0) is 36.1 Å². The number of alkyl halides is 3. The molecule has 23 heavy (non-hydrogen) atoms. The van der Waals surface area contributed by atoms with Crippen molar-refractivity contribution in [1.82, 2.24) is 5.32 Å².